The van der Waals surface area contributed by atoms with Gasteiger partial charge in [0.1, 0.15) is 60.4 Å². The molecule has 0 saturated heterocycles. The molecule has 15 atom stereocenters. The Balaban J connectivity index is 1.77. The van der Waals surface area contributed by atoms with Crippen LogP contribution in [0.4, 0.5) is 0 Å². The monoisotopic (exact) mass is 1450 g/mol. The number of hydrogen-bond acceptors (Lipinski definition) is 21. The fourth-order valence-corrected chi connectivity index (χ4v) is 9.99. The third kappa shape index (κ3) is 29.1. The highest BCUT2D eigenvalue weighted by Crippen LogP contribution is 2.20. The zero-order valence-corrected chi connectivity index (χ0v) is 57.4. The Morgan fingerprint density at radius 3 is 1.40 bits per heavy atom. The van der Waals surface area contributed by atoms with Crippen LogP contribution in [0.1, 0.15) is 104 Å². The lowest BCUT2D eigenvalue weighted by molar-refractivity contribution is -0.145. The van der Waals surface area contributed by atoms with Crippen LogP contribution in [0.25, 0.3) is 10.9 Å². The van der Waals surface area contributed by atoms with Crippen LogP contribution in [0.15, 0.2) is 60.8 Å². The number of nitrogens with one attached hydrogen (secondary N) is 13. The van der Waals surface area contributed by atoms with Gasteiger partial charge in [0, 0.05) is 23.5 Å². The molecule has 0 bridgehead atoms. The number of carbonyl (C=O) groups is 17. The number of aliphatic hydroxyl groups is 2. The van der Waals surface area contributed by atoms with E-state index in [-0.39, 0.29) is 38.6 Å². The summed E-state index contributed by atoms with van der Waals surface area (Å²) in [5.41, 5.74) is 24.4. The number of aromatic amines is 1. The SMILES string of the molecule is CC[C@H](C)[C@H](NC(=O)[C@@H](N)Cc1ccccc1)C(=O)N[C@@H](C)C(=O)N[C@@H](C)C(=O)N[C@@H](CC(=O)O)C(=O)N[C@@H](CC(N)=O)C(=O)N[C@@H](CCCCN)C(=O)N[C@@H](CC(=O)O)C(=O)N[C@@H](CC(N)=O)C(=O)NCC(=O)N[C@H](C(=O)N[C@@H](Cc1c[nH]c2ccccc12)C(=O)N[C@H](C(=O)O)[C@@H](C)O)[C@@H](C)O. The van der Waals surface area contributed by atoms with Crippen molar-refractivity contribution in [3.05, 3.63) is 71.9 Å². The molecule has 39 heteroatoms. The number of fused-ring (bicyclic) bond motifs is 1. The number of aliphatic carboxylic acids is 3. The van der Waals surface area contributed by atoms with E-state index in [1.165, 1.54) is 13.1 Å². The minimum atomic E-state index is -2.17. The van der Waals surface area contributed by atoms with Crippen LogP contribution in [-0.4, -0.2) is 229 Å². The standard InChI is InChI=1S/C64H93N17O22/c1-7-29(2)50(80-55(93)37(66)21-34-15-9-8-10-16-34)62(100)72-30(3)53(91)71-31(4)54(92)74-43(25-48(87)88)59(97)76-42(24-46(68)85)58(96)73-39(19-13-14-20-65)57(95)77-44(26-49(89)90)60(98)75-41(23-45(67)84)56(94)70-28-47(86)79-51(32(5)82)63(101)78-40(61(99)81-52(33(6)83)64(102)103)22-35-27-69-38-18-12-11-17-36(35)38/h8-12,15-18,27,29-33,37,39-44,50-52,69,82-83H,7,13-14,19-26,28,65-66H2,1-6H3,(H2,67,84)(H2,68,85)(H,70,94)(H,71,91)(H,72,100)(H,73,96)(H,74,92)(H,75,98)(H,76,97)(H,77,95)(H,78,101)(H,79,86)(H,80,93)(H,81,99)(H,87,88)(H,89,90)(H,102,103)/t29-,30-,31-,32+,33+,37-,39-,40-,41-,42-,43-,44-,50-,51-,52-/m0/s1. The number of carbonyl (C=O) groups excluding carboxylic acids is 14. The van der Waals surface area contributed by atoms with Gasteiger partial charge in [0.15, 0.2) is 6.04 Å². The van der Waals surface area contributed by atoms with Gasteiger partial charge in [-0.15, -0.1) is 0 Å². The molecule has 3 rings (SSSR count). The molecule has 0 aliphatic heterocycles. The van der Waals surface area contributed by atoms with Crippen LogP contribution in [0.5, 0.6) is 0 Å². The molecule has 26 N–H and O–H groups in total. The van der Waals surface area contributed by atoms with Crippen molar-refractivity contribution in [1.82, 2.24) is 68.8 Å². The van der Waals surface area contributed by atoms with Crippen molar-refractivity contribution < 1.29 is 107 Å². The Kier molecular flexibility index (Phi) is 35.2. The third-order valence-electron chi connectivity index (χ3n) is 15.9. The van der Waals surface area contributed by atoms with Gasteiger partial charge in [-0.25, -0.2) is 4.79 Å². The van der Waals surface area contributed by atoms with Crippen molar-refractivity contribution in [2.45, 2.75) is 190 Å². The number of benzene rings is 2. The van der Waals surface area contributed by atoms with Gasteiger partial charge in [0.05, 0.1) is 50.5 Å². The van der Waals surface area contributed by atoms with Gasteiger partial charge in [0.25, 0.3) is 0 Å². The highest BCUT2D eigenvalue weighted by Gasteiger charge is 2.38. The number of aromatic nitrogens is 1. The first-order valence-electron chi connectivity index (χ1n) is 32.6. The zero-order valence-electron chi connectivity index (χ0n) is 57.4. The van der Waals surface area contributed by atoms with E-state index < -0.39 is 223 Å². The number of amides is 14. The predicted octanol–water partition coefficient (Wildman–Crippen LogP) is -7.51. The highest BCUT2D eigenvalue weighted by atomic mass is 16.4. The number of aliphatic hydroxyl groups excluding tert-OH is 2. The molecule has 0 fully saturated rings. The smallest absolute Gasteiger partial charge is 0.328 e. The second kappa shape index (κ2) is 42.2. The average Bonchev–Trinajstić information content (AvgIpc) is 1.71. The Labute approximate surface area is 589 Å². The Bertz CT molecular complexity index is 3540. The lowest BCUT2D eigenvalue weighted by Crippen LogP contribution is -2.61. The summed E-state index contributed by atoms with van der Waals surface area (Å²) in [5.74, 6) is -22.1. The maximum absolute atomic E-state index is 14.1. The van der Waals surface area contributed by atoms with Crippen molar-refractivity contribution in [1.29, 1.82) is 0 Å². The van der Waals surface area contributed by atoms with Crippen LogP contribution in [0, 0.1) is 5.92 Å². The number of hydrogen-bond donors (Lipinski definition) is 22. The van der Waals surface area contributed by atoms with E-state index >= 15 is 0 Å². The van der Waals surface area contributed by atoms with E-state index in [9.17, 15) is 107 Å². The molecule has 3 aromatic rings. The summed E-state index contributed by atoms with van der Waals surface area (Å²) in [4.78, 5) is 227. The number of carboxylic acid groups (broad SMARTS) is 3. The fourth-order valence-electron chi connectivity index (χ4n) is 9.99. The topological polar surface area (TPSA) is 656 Å². The van der Waals surface area contributed by atoms with Crippen LogP contribution in [-0.2, 0) is 94.3 Å². The molecule has 0 aliphatic rings. The molecule has 1 aromatic heterocycles. The average molecular weight is 1450 g/mol. The molecule has 0 aliphatic carbocycles. The number of carboxylic acids is 3. The predicted molar refractivity (Wildman–Crippen MR) is 361 cm³/mol. The summed E-state index contributed by atoms with van der Waals surface area (Å²) in [7, 11) is 0. The molecular weight excluding hydrogens is 1360 g/mol. The minimum absolute atomic E-state index is 0.0198. The second-order valence-electron chi connectivity index (χ2n) is 24.4. The normalized spacial score (nSPS) is 15.4. The van der Waals surface area contributed by atoms with Gasteiger partial charge in [-0.2, -0.15) is 0 Å². The first-order chi connectivity index (χ1) is 48.4. The van der Waals surface area contributed by atoms with Crippen molar-refractivity contribution in [3.8, 4) is 0 Å². The van der Waals surface area contributed by atoms with E-state index in [4.69, 9.17) is 22.9 Å². The first-order valence-corrected chi connectivity index (χ1v) is 32.6. The van der Waals surface area contributed by atoms with Gasteiger partial charge < -0.3 is 117 Å². The number of nitrogens with two attached hydrogens (primary N) is 4. The number of primary amides is 2. The van der Waals surface area contributed by atoms with Gasteiger partial charge in [-0.05, 0) is 83.0 Å². The molecule has 566 valence electrons. The van der Waals surface area contributed by atoms with E-state index in [1.807, 2.05) is 5.32 Å². The van der Waals surface area contributed by atoms with E-state index in [2.05, 4.69) is 63.5 Å². The van der Waals surface area contributed by atoms with E-state index in [0.29, 0.717) is 22.9 Å². The van der Waals surface area contributed by atoms with Gasteiger partial charge in [-0.1, -0.05) is 68.8 Å². The molecule has 14 amide bonds. The summed E-state index contributed by atoms with van der Waals surface area (Å²) in [5, 5.41) is 77.3. The summed E-state index contributed by atoms with van der Waals surface area (Å²) in [6, 6.07) is -5.01. The summed E-state index contributed by atoms with van der Waals surface area (Å²) in [6.45, 7) is 6.91. The maximum atomic E-state index is 14.1. The highest BCUT2D eigenvalue weighted by molar-refractivity contribution is 6.02. The van der Waals surface area contributed by atoms with Crippen LogP contribution in [0.2, 0.25) is 0 Å². The molecule has 1 heterocycles. The lowest BCUT2D eigenvalue weighted by atomic mass is 9.97. The Hall–Kier alpha value is -11.2. The molecule has 0 spiro atoms. The van der Waals surface area contributed by atoms with Crippen LogP contribution < -0.4 is 86.7 Å². The molecular formula is C64H93N17O22. The van der Waals surface area contributed by atoms with Crippen molar-refractivity contribution >= 4 is 112 Å². The van der Waals surface area contributed by atoms with Crippen LogP contribution >= 0.6 is 0 Å². The summed E-state index contributed by atoms with van der Waals surface area (Å²) < 4.78 is 0. The lowest BCUT2D eigenvalue weighted by Gasteiger charge is -2.27. The fraction of sp³-hybridized carbons (Fsp3) is 0.516. The molecule has 0 saturated carbocycles. The van der Waals surface area contributed by atoms with Crippen LogP contribution in [0.3, 0.4) is 0 Å². The number of rotatable bonds is 45. The number of para-hydroxylation sites is 1. The maximum Gasteiger partial charge on any atom is 0.328 e. The summed E-state index contributed by atoms with van der Waals surface area (Å²) >= 11 is 0. The second-order valence-corrected chi connectivity index (χ2v) is 24.4. The van der Waals surface area contributed by atoms with Crippen molar-refractivity contribution in [2.24, 2.45) is 28.9 Å². The molecule has 0 unspecified atom stereocenters. The first kappa shape index (κ1) is 86.0. The quantitative estimate of drug-likeness (QED) is 0.0234. The number of H-pyrrole nitrogens is 1. The Morgan fingerprint density at radius 2 is 0.893 bits per heavy atom. The Morgan fingerprint density at radius 1 is 0.456 bits per heavy atom. The molecule has 39 nitrogen and oxygen atoms in total. The van der Waals surface area contributed by atoms with Crippen molar-refractivity contribution in [3.63, 3.8) is 0 Å². The molecule has 0 radical (unpaired) electrons. The molecule has 103 heavy (non-hydrogen) atoms. The van der Waals surface area contributed by atoms with E-state index in [0.717, 1.165) is 26.3 Å². The number of unbranched alkanes of at least 4 members (excludes halogenated alkanes) is 1. The summed E-state index contributed by atoms with van der Waals surface area (Å²) in [6.07, 6.45) is -6.28. The zero-order chi connectivity index (χ0) is 77.5. The van der Waals surface area contributed by atoms with Crippen molar-refractivity contribution in [2.75, 3.05) is 13.1 Å². The van der Waals surface area contributed by atoms with Gasteiger partial charge in [0.2, 0.25) is 82.7 Å². The minimum Gasteiger partial charge on any atom is -0.481 e. The third-order valence-corrected chi connectivity index (χ3v) is 15.9. The molecule has 2 aromatic carbocycles. The van der Waals surface area contributed by atoms with E-state index in [1.54, 1.807) is 68.4 Å². The largest absolute Gasteiger partial charge is 0.481 e. The van der Waals surface area contributed by atoms with Gasteiger partial charge >= 0.3 is 17.9 Å². The van der Waals surface area contributed by atoms with Gasteiger partial charge in [-0.3, -0.25) is 76.7 Å².